The first-order valence-corrected chi connectivity index (χ1v) is 34.8. The SMILES string of the molecule is C[SiH](O)CCCOCCOC(=O)CCC(=O)Oc1ccc(-c2sc(-c3ccc(C(C)(C)C)s3)cc2C2=C(c3cc(-c4ccc(C(C)(C)C)s4)sc3-c3ccc(OC(=O)CCC(=O)OCCOCCC[SiH2]O)cc3)C(F)(F)C(F)(F)C2(F)F)cc1. The fourth-order valence-electron chi connectivity index (χ4n) is 8.70. The predicted octanol–water partition coefficient (Wildman–Crippen LogP) is 14.1. The summed E-state index contributed by atoms with van der Waals surface area (Å²) in [5, 5.41) is 0. The van der Waals surface area contributed by atoms with Crippen LogP contribution in [-0.2, 0) is 49.0 Å². The lowest BCUT2D eigenvalue weighted by molar-refractivity contribution is -0.254. The zero-order chi connectivity index (χ0) is 61.2. The van der Waals surface area contributed by atoms with Crippen LogP contribution in [0.15, 0.2) is 84.9 Å². The first-order chi connectivity index (χ1) is 39.6. The second-order valence-electron chi connectivity index (χ2n) is 22.1. The Kier molecular flexibility index (Phi) is 22.5. The van der Waals surface area contributed by atoms with Crippen LogP contribution in [0.2, 0.25) is 18.6 Å². The number of benzene rings is 2. The van der Waals surface area contributed by atoms with Gasteiger partial charge in [0.25, 0.3) is 0 Å². The summed E-state index contributed by atoms with van der Waals surface area (Å²) in [5.41, 5.74) is -4.63. The lowest BCUT2D eigenvalue weighted by atomic mass is 9.92. The predicted molar refractivity (Wildman–Crippen MR) is 323 cm³/mol. The van der Waals surface area contributed by atoms with Crippen LogP contribution in [0.1, 0.15) is 101 Å². The molecule has 0 aliphatic heterocycles. The van der Waals surface area contributed by atoms with Crippen LogP contribution in [0.25, 0.3) is 51.5 Å². The third-order valence-corrected chi connectivity index (χ3v) is 21.0. The number of esters is 4. The molecule has 0 bridgehead atoms. The topological polar surface area (TPSA) is 164 Å². The molecule has 84 heavy (non-hydrogen) atoms. The molecular formula is C60H68F6O12S4Si2. The smallest absolute Gasteiger partial charge is 0.380 e. The van der Waals surface area contributed by atoms with Gasteiger partial charge in [-0.1, -0.05) is 41.5 Å². The van der Waals surface area contributed by atoms with E-state index in [4.69, 9.17) is 33.2 Å². The van der Waals surface area contributed by atoms with Gasteiger partial charge in [-0.05, 0) is 138 Å². The van der Waals surface area contributed by atoms with Gasteiger partial charge >= 0.3 is 41.6 Å². The maximum Gasteiger partial charge on any atom is 0.380 e. The van der Waals surface area contributed by atoms with Crippen molar-refractivity contribution in [2.45, 2.75) is 127 Å². The van der Waals surface area contributed by atoms with Gasteiger partial charge in [-0.15, -0.1) is 45.3 Å². The number of carbonyl (C=O) groups is 4. The van der Waals surface area contributed by atoms with Gasteiger partial charge in [-0.3, -0.25) is 19.2 Å². The van der Waals surface area contributed by atoms with Crippen LogP contribution in [0.5, 0.6) is 11.5 Å². The second-order valence-corrected chi connectivity index (χ2v) is 29.8. The number of rotatable bonds is 28. The molecule has 2 aromatic carbocycles. The Bertz CT molecular complexity index is 3260. The number of hydrogen-bond donors (Lipinski definition) is 2. The minimum atomic E-state index is -5.94. The fraction of sp³-hybridized carbons (Fsp3) is 0.433. The van der Waals surface area contributed by atoms with Crippen LogP contribution in [0, 0.1) is 0 Å². The van der Waals surface area contributed by atoms with E-state index >= 15 is 26.3 Å². The molecular weight excluding hydrogens is 1210 g/mol. The van der Waals surface area contributed by atoms with Crippen LogP contribution in [-0.4, -0.2) is 110 Å². The highest BCUT2D eigenvalue weighted by Gasteiger charge is 2.80. The molecule has 7 rings (SSSR count). The molecule has 0 fully saturated rings. The van der Waals surface area contributed by atoms with E-state index in [-0.39, 0.29) is 95.3 Å². The van der Waals surface area contributed by atoms with Gasteiger partial charge in [0.1, 0.15) is 24.7 Å². The van der Waals surface area contributed by atoms with E-state index in [1.165, 1.54) is 83.3 Å². The number of ether oxygens (including phenoxy) is 6. The van der Waals surface area contributed by atoms with Gasteiger partial charge in [-0.2, -0.15) is 26.3 Å². The van der Waals surface area contributed by atoms with E-state index in [9.17, 15) is 24.0 Å². The largest absolute Gasteiger partial charge is 0.463 e. The number of thiophene rings is 4. The molecule has 1 unspecified atom stereocenters. The zero-order valence-electron chi connectivity index (χ0n) is 47.6. The van der Waals surface area contributed by atoms with Crippen molar-refractivity contribution in [3.8, 4) is 51.9 Å². The molecule has 1 aliphatic carbocycles. The summed E-state index contributed by atoms with van der Waals surface area (Å²) in [6.07, 6.45) is 0.0698. The maximum absolute atomic E-state index is 17.2. The normalized spacial score (nSPS) is 15.2. The van der Waals surface area contributed by atoms with Gasteiger partial charge in [-0.25, -0.2) is 0 Å². The standard InChI is InChI=1S/C60H68F6O12S4Si2/c1-56(2,3)46-20-18-42(79-46)44-34-40(54(81-44)36-10-14-38(15-11-36)77-50(69)24-22-48(67)75-30-28-73-26-8-32-83-71)52-53(59(63,64)60(65,66)58(52,61)62)41-35-45(43-19-21-47(80-43)57(4,5)6)82-55(41)37-12-16-39(17-13-37)78-51(70)25-23-49(68)76-31-29-74-27-9-33-84(7)72/h10-21,34-35,71-72,84H,8-9,22-33,83H2,1-7H3. The Labute approximate surface area is 504 Å². The van der Waals surface area contributed by atoms with E-state index in [0.717, 1.165) is 32.4 Å². The van der Waals surface area contributed by atoms with Gasteiger partial charge in [0.2, 0.25) is 0 Å². The summed E-state index contributed by atoms with van der Waals surface area (Å²) in [4.78, 5) is 72.5. The third-order valence-electron chi connectivity index (χ3n) is 13.2. The molecule has 4 aromatic heterocycles. The Balaban J connectivity index is 1.24. The van der Waals surface area contributed by atoms with E-state index in [2.05, 4.69) is 0 Å². The molecule has 0 spiro atoms. The average Bonchev–Trinajstić information content (AvgIpc) is 1.60. The minimum Gasteiger partial charge on any atom is -0.463 e. The van der Waals surface area contributed by atoms with Crippen LogP contribution in [0.4, 0.5) is 26.3 Å². The molecule has 1 aliphatic rings. The first kappa shape index (κ1) is 66.2. The summed E-state index contributed by atoms with van der Waals surface area (Å²) >= 11 is 4.58. The molecule has 6 aromatic rings. The van der Waals surface area contributed by atoms with Gasteiger partial charge in [0.15, 0.2) is 18.8 Å². The monoisotopic (exact) mass is 1280 g/mol. The van der Waals surface area contributed by atoms with Crippen molar-refractivity contribution in [1.82, 2.24) is 0 Å². The van der Waals surface area contributed by atoms with E-state index in [0.29, 0.717) is 57.7 Å². The van der Waals surface area contributed by atoms with Crippen LogP contribution >= 0.6 is 45.3 Å². The number of allylic oxidation sites excluding steroid dienone is 2. The summed E-state index contributed by atoms with van der Waals surface area (Å²) < 4.78 is 134. The lowest BCUT2D eigenvalue weighted by Crippen LogP contribution is -2.48. The highest BCUT2D eigenvalue weighted by Crippen LogP contribution is 2.67. The number of hydrogen-bond acceptors (Lipinski definition) is 16. The van der Waals surface area contributed by atoms with Gasteiger partial charge in [0.05, 0.1) is 38.9 Å². The molecule has 454 valence electrons. The summed E-state index contributed by atoms with van der Waals surface area (Å²) in [6.45, 7) is 14.7. The highest BCUT2D eigenvalue weighted by atomic mass is 32.1. The number of halogens is 6. The molecule has 4 heterocycles. The number of alkyl halides is 6. The molecule has 0 radical (unpaired) electrons. The van der Waals surface area contributed by atoms with Crippen molar-refractivity contribution in [3.05, 3.63) is 106 Å². The maximum atomic E-state index is 17.2. The molecule has 1 atom stereocenters. The minimum absolute atomic E-state index is 0.00809. The van der Waals surface area contributed by atoms with Crippen LogP contribution < -0.4 is 9.47 Å². The molecule has 2 N–H and O–H groups in total. The fourth-order valence-corrected chi connectivity index (χ4v) is 14.5. The van der Waals surface area contributed by atoms with Crippen molar-refractivity contribution in [3.63, 3.8) is 0 Å². The Morgan fingerprint density at radius 3 is 1.29 bits per heavy atom. The lowest BCUT2D eigenvalue weighted by Gasteiger charge is -2.26. The Morgan fingerprint density at radius 2 is 0.917 bits per heavy atom. The first-order valence-electron chi connectivity index (χ1n) is 27.4. The van der Waals surface area contributed by atoms with Crippen molar-refractivity contribution in [1.29, 1.82) is 0 Å². The van der Waals surface area contributed by atoms with Crippen molar-refractivity contribution in [2.24, 2.45) is 0 Å². The van der Waals surface area contributed by atoms with E-state index < -0.39 is 82.7 Å². The molecule has 0 saturated carbocycles. The Morgan fingerprint density at radius 1 is 0.524 bits per heavy atom. The zero-order valence-corrected chi connectivity index (χ0v) is 53.5. The quantitative estimate of drug-likeness (QED) is 0.0157. The highest BCUT2D eigenvalue weighted by molar-refractivity contribution is 7.25. The summed E-state index contributed by atoms with van der Waals surface area (Å²) in [7, 11) is -2.74. The molecule has 24 heteroatoms. The second kappa shape index (κ2) is 28.5. The van der Waals surface area contributed by atoms with Gasteiger partial charge < -0.3 is 38.0 Å². The molecule has 0 saturated heterocycles. The van der Waals surface area contributed by atoms with Gasteiger partial charge in [0, 0.05) is 74.5 Å². The molecule has 12 nitrogen and oxygen atoms in total. The van der Waals surface area contributed by atoms with Crippen molar-refractivity contribution in [2.75, 3.05) is 39.6 Å². The third kappa shape index (κ3) is 16.4. The van der Waals surface area contributed by atoms with Crippen LogP contribution in [0.3, 0.4) is 0 Å². The average molecular weight is 1280 g/mol. The van der Waals surface area contributed by atoms with E-state index in [1.807, 2.05) is 60.2 Å². The van der Waals surface area contributed by atoms with Crippen molar-refractivity contribution >= 4 is 99.2 Å². The Hall–Kier alpha value is -5.29. The van der Waals surface area contributed by atoms with E-state index in [1.54, 1.807) is 12.1 Å². The molecule has 0 amide bonds. The van der Waals surface area contributed by atoms with Crippen molar-refractivity contribution < 1.29 is 83.5 Å². The summed E-state index contributed by atoms with van der Waals surface area (Å²) in [6, 6.07) is 22.1. The number of carbonyl (C=O) groups excluding carboxylic acids is 4. The summed E-state index contributed by atoms with van der Waals surface area (Å²) in [5.74, 6) is -19.8.